The largest absolute Gasteiger partial charge is 0.336 e. The molecule has 8 heteroatoms. The van der Waals surface area contributed by atoms with Gasteiger partial charge in [0.05, 0.1) is 4.47 Å². The van der Waals surface area contributed by atoms with Crippen LogP contribution < -0.4 is 5.32 Å². The van der Waals surface area contributed by atoms with Gasteiger partial charge in [-0.15, -0.1) is 12.4 Å². The number of halogens is 3. The molecular formula is C15H17BrClFN4O. The summed E-state index contributed by atoms with van der Waals surface area (Å²) in [5.74, 6) is 0.202. The predicted octanol–water partition coefficient (Wildman–Crippen LogP) is 2.53. The number of benzene rings is 1. The number of carbonyl (C=O) groups excluding carboxylic acids is 1. The standard InChI is InChI=1S/C15H16BrFN4O.ClH/c1-20-6-5-19-14(20)13-9-18-4-7-21(13)15(22)10-2-3-11(16)12(17)8-10;/h2-3,5-6,8,13,18H,4,7,9H2,1H3;1H. The Morgan fingerprint density at radius 2 is 2.26 bits per heavy atom. The lowest BCUT2D eigenvalue weighted by molar-refractivity contribution is 0.0620. The van der Waals surface area contributed by atoms with E-state index in [2.05, 4.69) is 26.2 Å². The molecular weight excluding hydrogens is 387 g/mol. The minimum Gasteiger partial charge on any atom is -0.336 e. The number of amides is 1. The van der Waals surface area contributed by atoms with E-state index in [4.69, 9.17) is 0 Å². The second-order valence-electron chi connectivity index (χ2n) is 5.24. The zero-order chi connectivity index (χ0) is 15.7. The van der Waals surface area contributed by atoms with E-state index < -0.39 is 5.82 Å². The fraction of sp³-hybridized carbons (Fsp3) is 0.333. The van der Waals surface area contributed by atoms with Crippen molar-refractivity contribution in [3.8, 4) is 0 Å². The van der Waals surface area contributed by atoms with Crippen molar-refractivity contribution in [3.63, 3.8) is 0 Å². The van der Waals surface area contributed by atoms with Gasteiger partial charge in [-0.2, -0.15) is 0 Å². The highest BCUT2D eigenvalue weighted by atomic mass is 79.9. The highest BCUT2D eigenvalue weighted by Crippen LogP contribution is 2.24. The molecule has 0 spiro atoms. The number of imidazole rings is 1. The van der Waals surface area contributed by atoms with Crippen LogP contribution in [0.15, 0.2) is 35.1 Å². The number of aryl methyl sites for hydroxylation is 1. The molecule has 1 amide bonds. The van der Waals surface area contributed by atoms with Crippen molar-refractivity contribution in [2.75, 3.05) is 19.6 Å². The molecule has 1 aromatic carbocycles. The highest BCUT2D eigenvalue weighted by molar-refractivity contribution is 9.10. The Hall–Kier alpha value is -1.44. The van der Waals surface area contributed by atoms with E-state index in [-0.39, 0.29) is 24.4 Å². The van der Waals surface area contributed by atoms with Gasteiger partial charge in [-0.05, 0) is 34.1 Å². The summed E-state index contributed by atoms with van der Waals surface area (Å²) in [5, 5.41) is 3.28. The van der Waals surface area contributed by atoms with Crippen molar-refractivity contribution in [2.24, 2.45) is 7.05 Å². The number of nitrogens with zero attached hydrogens (tertiary/aromatic N) is 3. The smallest absolute Gasteiger partial charge is 0.254 e. The Morgan fingerprint density at radius 3 is 2.91 bits per heavy atom. The van der Waals surface area contributed by atoms with Gasteiger partial charge in [0, 0.05) is 44.6 Å². The second-order valence-corrected chi connectivity index (χ2v) is 6.10. The number of aromatic nitrogens is 2. The van der Waals surface area contributed by atoms with Gasteiger partial charge in [0.15, 0.2) is 0 Å². The number of piperazine rings is 1. The number of hydrogen-bond donors (Lipinski definition) is 1. The molecule has 124 valence electrons. The zero-order valence-corrected chi connectivity index (χ0v) is 14.9. The molecule has 1 aliphatic heterocycles. The van der Waals surface area contributed by atoms with Gasteiger partial charge >= 0.3 is 0 Å². The van der Waals surface area contributed by atoms with Gasteiger partial charge in [0.25, 0.3) is 5.91 Å². The predicted molar refractivity (Wildman–Crippen MR) is 91.2 cm³/mol. The molecule has 1 saturated heterocycles. The highest BCUT2D eigenvalue weighted by Gasteiger charge is 2.31. The van der Waals surface area contributed by atoms with E-state index in [1.54, 1.807) is 23.2 Å². The van der Waals surface area contributed by atoms with E-state index in [9.17, 15) is 9.18 Å². The first-order valence-corrected chi connectivity index (χ1v) is 7.81. The first kappa shape index (κ1) is 17.9. The van der Waals surface area contributed by atoms with E-state index in [1.807, 2.05) is 17.8 Å². The lowest BCUT2D eigenvalue weighted by Crippen LogP contribution is -2.49. The molecule has 1 aliphatic rings. The summed E-state index contributed by atoms with van der Waals surface area (Å²) in [6.07, 6.45) is 3.57. The number of hydrogen-bond acceptors (Lipinski definition) is 3. The third-order valence-corrected chi connectivity index (χ3v) is 4.47. The summed E-state index contributed by atoms with van der Waals surface area (Å²) >= 11 is 3.10. The van der Waals surface area contributed by atoms with Crippen LogP contribution in [-0.4, -0.2) is 40.0 Å². The lowest BCUT2D eigenvalue weighted by Gasteiger charge is -2.35. The van der Waals surface area contributed by atoms with Crippen molar-refractivity contribution < 1.29 is 9.18 Å². The first-order chi connectivity index (χ1) is 10.6. The van der Waals surface area contributed by atoms with Crippen LogP contribution in [0.2, 0.25) is 0 Å². The van der Waals surface area contributed by atoms with Gasteiger partial charge in [0.1, 0.15) is 17.7 Å². The molecule has 0 bridgehead atoms. The van der Waals surface area contributed by atoms with Crippen LogP contribution in [0.1, 0.15) is 22.2 Å². The molecule has 1 atom stereocenters. The topological polar surface area (TPSA) is 50.2 Å². The van der Waals surface area contributed by atoms with E-state index in [1.165, 1.54) is 6.07 Å². The van der Waals surface area contributed by atoms with Crippen molar-refractivity contribution in [3.05, 3.63) is 52.3 Å². The molecule has 2 aromatic rings. The molecule has 2 heterocycles. The molecule has 0 radical (unpaired) electrons. The molecule has 1 unspecified atom stereocenters. The Balaban J connectivity index is 0.00000192. The third kappa shape index (κ3) is 3.57. The Morgan fingerprint density at radius 1 is 1.48 bits per heavy atom. The van der Waals surface area contributed by atoms with Crippen molar-refractivity contribution in [1.29, 1.82) is 0 Å². The summed E-state index contributed by atoms with van der Waals surface area (Å²) in [5.41, 5.74) is 0.349. The average Bonchev–Trinajstić information content (AvgIpc) is 2.95. The molecule has 5 nitrogen and oxygen atoms in total. The summed E-state index contributed by atoms with van der Waals surface area (Å²) in [4.78, 5) is 18.9. The monoisotopic (exact) mass is 402 g/mol. The van der Waals surface area contributed by atoms with E-state index in [0.717, 1.165) is 5.82 Å². The second kappa shape index (κ2) is 7.42. The maximum absolute atomic E-state index is 13.7. The average molecular weight is 404 g/mol. The quantitative estimate of drug-likeness (QED) is 0.838. The molecule has 0 aliphatic carbocycles. The van der Waals surface area contributed by atoms with E-state index >= 15 is 0 Å². The first-order valence-electron chi connectivity index (χ1n) is 7.02. The minimum absolute atomic E-state index is 0. The third-order valence-electron chi connectivity index (χ3n) is 3.83. The van der Waals surface area contributed by atoms with Crippen molar-refractivity contribution >= 4 is 34.2 Å². The maximum Gasteiger partial charge on any atom is 0.254 e. The van der Waals surface area contributed by atoms with E-state index in [0.29, 0.717) is 29.7 Å². The van der Waals surface area contributed by atoms with Crippen LogP contribution >= 0.6 is 28.3 Å². The van der Waals surface area contributed by atoms with Gasteiger partial charge < -0.3 is 14.8 Å². The maximum atomic E-state index is 13.7. The fourth-order valence-electron chi connectivity index (χ4n) is 2.67. The molecule has 0 saturated carbocycles. The minimum atomic E-state index is -0.436. The molecule has 1 aromatic heterocycles. The van der Waals surface area contributed by atoms with Gasteiger partial charge in [-0.25, -0.2) is 9.37 Å². The number of carbonyl (C=O) groups is 1. The van der Waals surface area contributed by atoms with Crippen LogP contribution in [-0.2, 0) is 7.05 Å². The summed E-state index contributed by atoms with van der Waals surface area (Å²) in [6.45, 7) is 1.91. The Labute approximate surface area is 148 Å². The van der Waals surface area contributed by atoms with Crippen LogP contribution in [0.3, 0.4) is 0 Å². The summed E-state index contributed by atoms with van der Waals surface area (Å²) in [6, 6.07) is 4.30. The lowest BCUT2D eigenvalue weighted by atomic mass is 10.1. The molecule has 1 fully saturated rings. The van der Waals surface area contributed by atoms with Crippen LogP contribution in [0.4, 0.5) is 4.39 Å². The molecule has 23 heavy (non-hydrogen) atoms. The van der Waals surface area contributed by atoms with Crippen molar-refractivity contribution in [2.45, 2.75) is 6.04 Å². The molecule has 1 N–H and O–H groups in total. The van der Waals surface area contributed by atoms with Gasteiger partial charge in [-0.3, -0.25) is 4.79 Å². The van der Waals surface area contributed by atoms with Crippen molar-refractivity contribution in [1.82, 2.24) is 19.8 Å². The summed E-state index contributed by atoms with van der Waals surface area (Å²) in [7, 11) is 1.90. The number of nitrogens with one attached hydrogen (secondary N) is 1. The summed E-state index contributed by atoms with van der Waals surface area (Å²) < 4.78 is 15.9. The van der Waals surface area contributed by atoms with Crippen LogP contribution in [0.25, 0.3) is 0 Å². The van der Waals surface area contributed by atoms with Gasteiger partial charge in [-0.1, -0.05) is 0 Å². The van der Waals surface area contributed by atoms with Crippen LogP contribution in [0, 0.1) is 5.82 Å². The van der Waals surface area contributed by atoms with Gasteiger partial charge in [0.2, 0.25) is 0 Å². The Kier molecular flexibility index (Phi) is 5.78. The number of rotatable bonds is 2. The fourth-order valence-corrected chi connectivity index (χ4v) is 2.92. The zero-order valence-electron chi connectivity index (χ0n) is 12.5. The SMILES string of the molecule is Cl.Cn1ccnc1C1CNCCN1C(=O)c1ccc(Br)c(F)c1. The van der Waals surface area contributed by atoms with Crippen LogP contribution in [0.5, 0.6) is 0 Å². The Bertz CT molecular complexity index is 709. The molecule has 3 rings (SSSR count). The normalized spacial score (nSPS) is 17.7.